The van der Waals surface area contributed by atoms with Gasteiger partial charge in [-0.15, -0.1) is 0 Å². The van der Waals surface area contributed by atoms with E-state index < -0.39 is 5.91 Å². The number of hydrogen-bond acceptors (Lipinski definition) is 5. The van der Waals surface area contributed by atoms with Crippen molar-refractivity contribution in [3.8, 4) is 5.75 Å². The number of fused-ring (bicyclic) bond motifs is 2. The lowest BCUT2D eigenvalue weighted by molar-refractivity contribution is -0.116. The van der Waals surface area contributed by atoms with Crippen molar-refractivity contribution in [1.29, 1.82) is 0 Å². The standard InChI is InChI=1S/C14H14N4O2/c15-13(19)6-16-14-10-5-9-3-1-2-4-12(9)20-7-11(10)17-8-18-14/h1-4,8H,5-7H2,(H2,15,19)(H,16,17,18). The molecule has 1 aromatic heterocycles. The molecule has 2 aromatic rings. The van der Waals surface area contributed by atoms with Crippen molar-refractivity contribution in [2.75, 3.05) is 11.9 Å². The fourth-order valence-electron chi connectivity index (χ4n) is 2.21. The number of amides is 1. The number of carbonyl (C=O) groups is 1. The highest BCUT2D eigenvalue weighted by Crippen LogP contribution is 2.29. The Kier molecular flexibility index (Phi) is 3.20. The maximum absolute atomic E-state index is 10.9. The molecule has 102 valence electrons. The van der Waals surface area contributed by atoms with Crippen LogP contribution in [0.25, 0.3) is 0 Å². The SMILES string of the molecule is NC(=O)CNc1ncnc2c1Cc1ccccc1OC2. The molecule has 0 saturated heterocycles. The zero-order valence-corrected chi connectivity index (χ0v) is 10.8. The van der Waals surface area contributed by atoms with E-state index in [1.165, 1.54) is 6.33 Å². The molecule has 3 N–H and O–H groups in total. The van der Waals surface area contributed by atoms with E-state index in [9.17, 15) is 4.79 Å². The summed E-state index contributed by atoms with van der Waals surface area (Å²) in [6.07, 6.45) is 2.12. The van der Waals surface area contributed by atoms with Gasteiger partial charge in [-0.05, 0) is 11.6 Å². The van der Waals surface area contributed by atoms with Crippen molar-refractivity contribution in [3.05, 3.63) is 47.4 Å². The van der Waals surface area contributed by atoms with Crippen molar-refractivity contribution < 1.29 is 9.53 Å². The van der Waals surface area contributed by atoms with E-state index in [1.807, 2.05) is 24.3 Å². The van der Waals surface area contributed by atoms with Crippen LogP contribution in [0, 0.1) is 0 Å². The topological polar surface area (TPSA) is 90.1 Å². The number of anilines is 1. The first-order valence-electron chi connectivity index (χ1n) is 6.29. The molecule has 20 heavy (non-hydrogen) atoms. The molecule has 2 heterocycles. The molecule has 6 nitrogen and oxygen atoms in total. The molecular formula is C14H14N4O2. The van der Waals surface area contributed by atoms with Gasteiger partial charge in [0, 0.05) is 12.0 Å². The van der Waals surface area contributed by atoms with E-state index >= 15 is 0 Å². The minimum Gasteiger partial charge on any atom is -0.487 e. The van der Waals surface area contributed by atoms with Crippen LogP contribution >= 0.6 is 0 Å². The molecule has 1 amide bonds. The fraction of sp³-hybridized carbons (Fsp3) is 0.214. The number of rotatable bonds is 3. The molecule has 0 bridgehead atoms. The number of carbonyl (C=O) groups excluding carboxylic acids is 1. The summed E-state index contributed by atoms with van der Waals surface area (Å²) in [6, 6.07) is 7.85. The van der Waals surface area contributed by atoms with Gasteiger partial charge in [-0.2, -0.15) is 0 Å². The predicted molar refractivity (Wildman–Crippen MR) is 73.3 cm³/mol. The van der Waals surface area contributed by atoms with Gasteiger partial charge in [0.05, 0.1) is 12.2 Å². The zero-order chi connectivity index (χ0) is 13.9. The fourth-order valence-corrected chi connectivity index (χ4v) is 2.21. The average molecular weight is 270 g/mol. The van der Waals surface area contributed by atoms with Crippen LogP contribution in [-0.4, -0.2) is 22.4 Å². The van der Waals surface area contributed by atoms with Crippen LogP contribution in [0.1, 0.15) is 16.8 Å². The minimum absolute atomic E-state index is 0.0476. The number of benzene rings is 1. The number of aromatic nitrogens is 2. The summed E-state index contributed by atoms with van der Waals surface area (Å²) in [6.45, 7) is 0.437. The second kappa shape index (κ2) is 5.16. The number of nitrogens with two attached hydrogens (primary N) is 1. The Hall–Kier alpha value is -2.63. The van der Waals surface area contributed by atoms with Gasteiger partial charge >= 0.3 is 0 Å². The molecule has 0 unspecified atom stereocenters. The highest BCUT2D eigenvalue weighted by atomic mass is 16.5. The van der Waals surface area contributed by atoms with Crippen molar-refractivity contribution in [1.82, 2.24) is 9.97 Å². The highest BCUT2D eigenvalue weighted by Gasteiger charge is 2.18. The summed E-state index contributed by atoms with van der Waals surface area (Å²) >= 11 is 0. The van der Waals surface area contributed by atoms with Crippen LogP contribution in [-0.2, 0) is 17.8 Å². The van der Waals surface area contributed by atoms with E-state index in [4.69, 9.17) is 10.5 Å². The summed E-state index contributed by atoms with van der Waals surface area (Å²) in [5.74, 6) is 1.06. The Balaban J connectivity index is 1.97. The van der Waals surface area contributed by atoms with E-state index in [1.54, 1.807) is 0 Å². The summed E-state index contributed by atoms with van der Waals surface area (Å²) < 4.78 is 5.75. The number of para-hydroxylation sites is 1. The van der Waals surface area contributed by atoms with Gasteiger partial charge < -0.3 is 15.8 Å². The maximum Gasteiger partial charge on any atom is 0.236 e. The number of hydrogen-bond donors (Lipinski definition) is 2. The first kappa shape index (κ1) is 12.4. The lowest BCUT2D eigenvalue weighted by atomic mass is 10.0. The smallest absolute Gasteiger partial charge is 0.236 e. The van der Waals surface area contributed by atoms with Crippen LogP contribution < -0.4 is 15.8 Å². The lowest BCUT2D eigenvalue weighted by Crippen LogP contribution is -2.23. The van der Waals surface area contributed by atoms with Crippen molar-refractivity contribution in [2.24, 2.45) is 5.73 Å². The Bertz CT molecular complexity index is 657. The largest absolute Gasteiger partial charge is 0.487 e. The van der Waals surface area contributed by atoms with E-state index in [0.717, 1.165) is 22.6 Å². The monoisotopic (exact) mass is 270 g/mol. The molecule has 0 radical (unpaired) electrons. The minimum atomic E-state index is -0.428. The Labute approximate surface area is 116 Å². The Morgan fingerprint density at radius 2 is 2.20 bits per heavy atom. The molecule has 1 aliphatic heterocycles. The average Bonchev–Trinajstić information content (AvgIpc) is 2.64. The van der Waals surface area contributed by atoms with Crippen molar-refractivity contribution >= 4 is 11.7 Å². The van der Waals surface area contributed by atoms with Gasteiger partial charge in [-0.25, -0.2) is 9.97 Å². The maximum atomic E-state index is 10.9. The van der Waals surface area contributed by atoms with E-state index in [2.05, 4.69) is 15.3 Å². The highest BCUT2D eigenvalue weighted by molar-refractivity contribution is 5.78. The molecule has 3 rings (SSSR count). The van der Waals surface area contributed by atoms with E-state index in [0.29, 0.717) is 18.8 Å². The Morgan fingerprint density at radius 1 is 1.35 bits per heavy atom. The van der Waals surface area contributed by atoms with Crippen LogP contribution in [0.4, 0.5) is 5.82 Å². The third kappa shape index (κ3) is 2.40. The number of nitrogens with one attached hydrogen (secondary N) is 1. The molecule has 0 aliphatic carbocycles. The van der Waals surface area contributed by atoms with Gasteiger partial charge in [0.1, 0.15) is 24.5 Å². The molecule has 6 heteroatoms. The third-order valence-electron chi connectivity index (χ3n) is 3.17. The molecule has 0 saturated carbocycles. The summed E-state index contributed by atoms with van der Waals surface area (Å²) in [7, 11) is 0. The van der Waals surface area contributed by atoms with Gasteiger partial charge in [0.15, 0.2) is 0 Å². The first-order valence-corrected chi connectivity index (χ1v) is 6.29. The molecule has 0 spiro atoms. The van der Waals surface area contributed by atoms with Gasteiger partial charge in [-0.1, -0.05) is 18.2 Å². The van der Waals surface area contributed by atoms with Gasteiger partial charge in [-0.3, -0.25) is 4.79 Å². The quantitative estimate of drug-likeness (QED) is 0.863. The summed E-state index contributed by atoms with van der Waals surface area (Å²) in [5.41, 5.74) is 7.99. The van der Waals surface area contributed by atoms with Crippen molar-refractivity contribution in [2.45, 2.75) is 13.0 Å². The second-order valence-corrected chi connectivity index (χ2v) is 4.54. The molecule has 1 aromatic carbocycles. The third-order valence-corrected chi connectivity index (χ3v) is 3.17. The first-order chi connectivity index (χ1) is 9.74. The molecule has 1 aliphatic rings. The number of nitrogens with zero attached hydrogens (tertiary/aromatic N) is 2. The van der Waals surface area contributed by atoms with Gasteiger partial charge in [0.2, 0.25) is 5.91 Å². The van der Waals surface area contributed by atoms with Crippen LogP contribution in [0.3, 0.4) is 0 Å². The summed E-state index contributed by atoms with van der Waals surface area (Å²) in [4.78, 5) is 19.3. The van der Waals surface area contributed by atoms with Crippen LogP contribution in [0.2, 0.25) is 0 Å². The Morgan fingerprint density at radius 3 is 3.05 bits per heavy atom. The normalized spacial score (nSPS) is 12.6. The molecule has 0 atom stereocenters. The predicted octanol–water partition coefficient (Wildman–Crippen LogP) is 0.857. The summed E-state index contributed by atoms with van der Waals surface area (Å²) in [5, 5.41) is 2.95. The zero-order valence-electron chi connectivity index (χ0n) is 10.8. The van der Waals surface area contributed by atoms with Gasteiger partial charge in [0.25, 0.3) is 0 Å². The van der Waals surface area contributed by atoms with Crippen LogP contribution in [0.5, 0.6) is 5.75 Å². The van der Waals surface area contributed by atoms with Crippen molar-refractivity contribution in [3.63, 3.8) is 0 Å². The van der Waals surface area contributed by atoms with Crippen LogP contribution in [0.15, 0.2) is 30.6 Å². The second-order valence-electron chi connectivity index (χ2n) is 4.54. The number of ether oxygens (including phenoxy) is 1. The van der Waals surface area contributed by atoms with E-state index in [-0.39, 0.29) is 6.54 Å². The molecular weight excluding hydrogens is 256 g/mol. The lowest BCUT2D eigenvalue weighted by Gasteiger charge is -2.10. The number of primary amides is 1. The molecule has 0 fully saturated rings.